The van der Waals surface area contributed by atoms with Gasteiger partial charge in [-0.05, 0) is 56.7 Å². The highest BCUT2D eigenvalue weighted by Crippen LogP contribution is 2.32. The van der Waals surface area contributed by atoms with Gasteiger partial charge < -0.3 is 20.7 Å². The number of aryl methyl sites for hydroxylation is 1. The molecular weight excluding hydrogens is 442 g/mol. The minimum Gasteiger partial charge on any atom is -0.455 e. The number of anilines is 1. The molecule has 4 aromatic rings. The first kappa shape index (κ1) is 22.3. The highest BCUT2D eigenvalue weighted by molar-refractivity contribution is 6.29. The molecule has 0 saturated heterocycles. The van der Waals surface area contributed by atoms with Crippen molar-refractivity contribution in [1.82, 2.24) is 9.97 Å². The van der Waals surface area contributed by atoms with E-state index in [0.717, 1.165) is 16.7 Å². The average Bonchev–Trinajstić information content (AvgIpc) is 2.82. The Labute approximate surface area is 194 Å². The Morgan fingerprint density at radius 3 is 2.76 bits per heavy atom. The van der Waals surface area contributed by atoms with Crippen molar-refractivity contribution in [3.05, 3.63) is 86.6 Å². The highest BCUT2D eigenvalue weighted by Gasteiger charge is 2.20. The van der Waals surface area contributed by atoms with Crippen LogP contribution in [0.4, 0.5) is 5.69 Å². The number of benzene rings is 1. The van der Waals surface area contributed by atoms with Crippen LogP contribution in [-0.4, -0.2) is 21.0 Å². The van der Waals surface area contributed by atoms with Crippen LogP contribution in [0.2, 0.25) is 5.15 Å². The molecule has 1 atom stereocenters. The van der Waals surface area contributed by atoms with Crippen molar-refractivity contribution in [2.45, 2.75) is 26.8 Å². The van der Waals surface area contributed by atoms with Crippen molar-refractivity contribution in [2.24, 2.45) is 10.9 Å². The summed E-state index contributed by atoms with van der Waals surface area (Å²) in [5.41, 5.74) is 9.81. The maximum atomic E-state index is 13.2. The van der Waals surface area contributed by atoms with E-state index >= 15 is 0 Å². The molecular formula is C24H22ClN5O3. The largest absolute Gasteiger partial charge is 0.455 e. The van der Waals surface area contributed by atoms with Crippen molar-refractivity contribution < 1.29 is 9.62 Å². The zero-order valence-corrected chi connectivity index (χ0v) is 19.0. The number of rotatable bonds is 5. The molecule has 0 unspecified atom stereocenters. The van der Waals surface area contributed by atoms with E-state index in [-0.39, 0.29) is 28.2 Å². The number of nitrogens with one attached hydrogen (secondary N) is 1. The number of fused-ring (bicyclic) bond motifs is 1. The van der Waals surface area contributed by atoms with E-state index in [1.54, 1.807) is 37.5 Å². The zero-order chi connectivity index (χ0) is 23.7. The van der Waals surface area contributed by atoms with Crippen molar-refractivity contribution >= 4 is 34.1 Å². The van der Waals surface area contributed by atoms with E-state index in [1.165, 1.54) is 0 Å². The third kappa shape index (κ3) is 4.25. The standard InChI is InChI=1S/C24H22ClN5O3/c1-12-9-16(14(3)28-18-6-7-19(25)29-20(18)24(26)30-32)23-17(10-12)21(31)13(2)22(33-23)15-5-4-8-27-11-15/h4-11,14,28,32H,1-3H3,(H2,26,30)/t14-/m1/s1. The van der Waals surface area contributed by atoms with E-state index in [1.807, 2.05) is 32.0 Å². The van der Waals surface area contributed by atoms with Crippen molar-refractivity contribution in [2.75, 3.05) is 5.32 Å². The highest BCUT2D eigenvalue weighted by atomic mass is 35.5. The number of nitrogens with two attached hydrogens (primary N) is 1. The molecule has 0 aliphatic rings. The summed E-state index contributed by atoms with van der Waals surface area (Å²) in [7, 11) is 0. The van der Waals surface area contributed by atoms with E-state index in [4.69, 9.17) is 27.0 Å². The molecule has 4 rings (SSSR count). The molecule has 0 aliphatic carbocycles. The van der Waals surface area contributed by atoms with Crippen LogP contribution < -0.4 is 16.5 Å². The lowest BCUT2D eigenvalue weighted by atomic mass is 9.99. The minimum absolute atomic E-state index is 0.0993. The van der Waals surface area contributed by atoms with Gasteiger partial charge in [-0.25, -0.2) is 4.98 Å². The third-order valence-corrected chi connectivity index (χ3v) is 5.58. The molecule has 33 heavy (non-hydrogen) atoms. The molecule has 8 nitrogen and oxygen atoms in total. The Balaban J connectivity index is 1.88. The van der Waals surface area contributed by atoms with Crippen LogP contribution in [0.1, 0.15) is 35.3 Å². The summed E-state index contributed by atoms with van der Waals surface area (Å²) in [6.45, 7) is 5.59. The molecule has 0 fully saturated rings. The fourth-order valence-electron chi connectivity index (χ4n) is 3.77. The average molecular weight is 464 g/mol. The third-order valence-electron chi connectivity index (χ3n) is 5.37. The molecule has 0 bridgehead atoms. The van der Waals surface area contributed by atoms with Crippen molar-refractivity contribution in [3.63, 3.8) is 0 Å². The van der Waals surface area contributed by atoms with Gasteiger partial charge in [-0.15, -0.1) is 0 Å². The van der Waals surface area contributed by atoms with Gasteiger partial charge in [0.15, 0.2) is 11.3 Å². The fraction of sp³-hybridized carbons (Fsp3) is 0.167. The Hall–Kier alpha value is -3.91. The second-order valence-electron chi connectivity index (χ2n) is 7.74. The van der Waals surface area contributed by atoms with E-state index in [2.05, 4.69) is 20.4 Å². The van der Waals surface area contributed by atoms with E-state index in [9.17, 15) is 4.79 Å². The SMILES string of the molecule is Cc1cc([C@@H](C)Nc2ccc(Cl)nc2/C(N)=N/O)c2oc(-c3cccnc3)c(C)c(=O)c2c1. The normalized spacial score (nSPS) is 12.7. The van der Waals surface area contributed by atoms with Crippen LogP contribution in [0.5, 0.6) is 0 Å². The molecule has 3 heterocycles. The van der Waals surface area contributed by atoms with Gasteiger partial charge in [-0.3, -0.25) is 9.78 Å². The molecule has 4 N–H and O–H groups in total. The lowest BCUT2D eigenvalue weighted by Gasteiger charge is -2.20. The van der Waals surface area contributed by atoms with Crippen LogP contribution in [-0.2, 0) is 0 Å². The predicted octanol–water partition coefficient (Wildman–Crippen LogP) is 4.79. The van der Waals surface area contributed by atoms with E-state index < -0.39 is 0 Å². The molecule has 0 amide bonds. The summed E-state index contributed by atoms with van der Waals surface area (Å²) in [5, 5.41) is 16.2. The van der Waals surface area contributed by atoms with Crippen molar-refractivity contribution in [3.8, 4) is 11.3 Å². The minimum atomic E-state index is -0.326. The topological polar surface area (TPSA) is 127 Å². The van der Waals surface area contributed by atoms with Crippen LogP contribution in [0, 0.1) is 13.8 Å². The number of oxime groups is 1. The summed E-state index contributed by atoms with van der Waals surface area (Å²) >= 11 is 5.99. The fourth-order valence-corrected chi connectivity index (χ4v) is 3.91. The van der Waals surface area contributed by atoms with Gasteiger partial charge in [0, 0.05) is 29.1 Å². The quantitative estimate of drug-likeness (QED) is 0.128. The van der Waals surface area contributed by atoms with Crippen molar-refractivity contribution in [1.29, 1.82) is 0 Å². The van der Waals surface area contributed by atoms with Crippen LogP contribution in [0.3, 0.4) is 0 Å². The molecule has 3 aromatic heterocycles. The zero-order valence-electron chi connectivity index (χ0n) is 18.3. The summed E-state index contributed by atoms with van der Waals surface area (Å²) in [6.07, 6.45) is 3.33. The molecule has 168 valence electrons. The second-order valence-corrected chi connectivity index (χ2v) is 8.13. The summed E-state index contributed by atoms with van der Waals surface area (Å²) in [4.78, 5) is 21.5. The smallest absolute Gasteiger partial charge is 0.196 e. The summed E-state index contributed by atoms with van der Waals surface area (Å²) in [5.74, 6) is 0.297. The summed E-state index contributed by atoms with van der Waals surface area (Å²) in [6, 6.07) is 10.4. The number of aromatic nitrogens is 2. The van der Waals surface area contributed by atoms with Gasteiger partial charge in [-0.1, -0.05) is 22.8 Å². The Bertz CT molecular complexity index is 1430. The maximum Gasteiger partial charge on any atom is 0.196 e. The lowest BCUT2D eigenvalue weighted by molar-refractivity contribution is 0.318. The second kappa shape index (κ2) is 8.91. The van der Waals surface area contributed by atoms with Crippen LogP contribution in [0.25, 0.3) is 22.3 Å². The monoisotopic (exact) mass is 463 g/mol. The predicted molar refractivity (Wildman–Crippen MR) is 129 cm³/mol. The first-order valence-corrected chi connectivity index (χ1v) is 10.6. The van der Waals surface area contributed by atoms with E-state index in [0.29, 0.717) is 28.0 Å². The van der Waals surface area contributed by atoms with Gasteiger partial charge in [0.25, 0.3) is 0 Å². The number of pyridine rings is 2. The summed E-state index contributed by atoms with van der Waals surface area (Å²) < 4.78 is 6.32. The number of amidine groups is 1. The Kier molecular flexibility index (Phi) is 6.02. The number of halogens is 1. The molecule has 1 aromatic carbocycles. The van der Waals surface area contributed by atoms with Gasteiger partial charge in [0.05, 0.1) is 17.1 Å². The van der Waals surface area contributed by atoms with Gasteiger partial charge in [-0.2, -0.15) is 0 Å². The first-order chi connectivity index (χ1) is 15.8. The van der Waals surface area contributed by atoms with Gasteiger partial charge >= 0.3 is 0 Å². The Morgan fingerprint density at radius 1 is 1.27 bits per heavy atom. The molecule has 9 heteroatoms. The molecule has 0 saturated carbocycles. The number of hydrogen-bond acceptors (Lipinski definition) is 7. The lowest BCUT2D eigenvalue weighted by Crippen LogP contribution is -2.19. The van der Waals surface area contributed by atoms with Gasteiger partial charge in [0.2, 0.25) is 0 Å². The first-order valence-electron chi connectivity index (χ1n) is 10.2. The van der Waals surface area contributed by atoms with Crippen LogP contribution >= 0.6 is 11.6 Å². The molecule has 0 radical (unpaired) electrons. The molecule has 0 aliphatic heterocycles. The van der Waals surface area contributed by atoms with Gasteiger partial charge in [0.1, 0.15) is 22.2 Å². The number of nitrogens with zero attached hydrogens (tertiary/aromatic N) is 3. The Morgan fingerprint density at radius 2 is 2.06 bits per heavy atom. The molecule has 0 spiro atoms. The maximum absolute atomic E-state index is 13.2. The van der Waals surface area contributed by atoms with Crippen LogP contribution in [0.15, 0.2) is 63.2 Å². The number of hydrogen-bond donors (Lipinski definition) is 3.